The van der Waals surface area contributed by atoms with E-state index in [0.29, 0.717) is 0 Å². The van der Waals surface area contributed by atoms with Crippen LogP contribution in [0.25, 0.3) is 0 Å². The highest BCUT2D eigenvalue weighted by Gasteiger charge is 2.30. The molecule has 0 spiro atoms. The van der Waals surface area contributed by atoms with Gasteiger partial charge in [-0.05, 0) is 44.6 Å². The molecule has 1 aliphatic heterocycles. The molecule has 1 saturated heterocycles. The molecule has 0 aromatic rings. The molecule has 0 amide bonds. The number of thioether (sulfide) groups is 1. The largest absolute Gasteiger partial charge is 0.310 e. The van der Waals surface area contributed by atoms with Gasteiger partial charge in [0.15, 0.2) is 0 Å². The number of rotatable bonds is 6. The van der Waals surface area contributed by atoms with E-state index in [9.17, 15) is 0 Å². The highest BCUT2D eigenvalue weighted by Crippen LogP contribution is 2.23. The highest BCUT2D eigenvalue weighted by atomic mass is 32.2. The Labute approximate surface area is 98.2 Å². The molecule has 3 heteroatoms. The molecule has 1 heterocycles. The van der Waals surface area contributed by atoms with Crippen LogP contribution < -0.4 is 5.32 Å². The first-order chi connectivity index (χ1) is 7.29. The molecule has 0 radical (unpaired) electrons. The molecule has 1 N–H and O–H groups in total. The molecule has 88 valence electrons. The summed E-state index contributed by atoms with van der Waals surface area (Å²) in [6.45, 7) is 4.97. The molecule has 2 atom stereocenters. The molecule has 2 nitrogen and oxygen atoms in total. The first-order valence-corrected chi connectivity index (χ1v) is 7.68. The summed E-state index contributed by atoms with van der Waals surface area (Å²) < 4.78 is 0. The maximum atomic E-state index is 3.75. The van der Waals surface area contributed by atoms with Gasteiger partial charge in [0.25, 0.3) is 0 Å². The quantitative estimate of drug-likeness (QED) is 0.748. The van der Waals surface area contributed by atoms with Gasteiger partial charge >= 0.3 is 0 Å². The maximum Gasteiger partial charge on any atom is 0.0209 e. The average Bonchev–Trinajstić information content (AvgIpc) is 2.91. The summed E-state index contributed by atoms with van der Waals surface area (Å²) in [4.78, 5) is 2.66. The van der Waals surface area contributed by atoms with Gasteiger partial charge < -0.3 is 5.32 Å². The summed E-state index contributed by atoms with van der Waals surface area (Å²) in [5, 5.41) is 3.75. The van der Waals surface area contributed by atoms with E-state index in [4.69, 9.17) is 0 Å². The van der Waals surface area contributed by atoms with E-state index in [1.165, 1.54) is 44.5 Å². The Kier molecular flexibility index (Phi) is 4.35. The van der Waals surface area contributed by atoms with Gasteiger partial charge in [-0.25, -0.2) is 0 Å². The molecular formula is C12H24N2S. The first kappa shape index (κ1) is 11.7. The molecule has 0 aromatic heterocycles. The maximum absolute atomic E-state index is 3.75. The number of hydrogen-bond acceptors (Lipinski definition) is 3. The molecule has 2 rings (SSSR count). The van der Waals surface area contributed by atoms with Crippen molar-refractivity contribution in [1.29, 1.82) is 0 Å². The molecule has 1 saturated carbocycles. The molecule has 0 aromatic carbocycles. The predicted octanol–water partition coefficient (Wildman–Crippen LogP) is 1.95. The third-order valence-corrected chi connectivity index (χ3v) is 4.28. The average molecular weight is 228 g/mol. The number of nitrogens with one attached hydrogen (secondary N) is 1. The van der Waals surface area contributed by atoms with Crippen molar-refractivity contribution < 1.29 is 0 Å². The summed E-state index contributed by atoms with van der Waals surface area (Å²) in [6, 6.07) is 2.44. The fraction of sp³-hybridized carbons (Fsp3) is 1.00. The normalized spacial score (nSPS) is 29.6. The summed E-state index contributed by atoms with van der Waals surface area (Å²) in [5.41, 5.74) is 0. The van der Waals surface area contributed by atoms with Crippen molar-refractivity contribution >= 4 is 11.8 Å². The van der Waals surface area contributed by atoms with Crippen molar-refractivity contribution in [1.82, 2.24) is 10.2 Å². The smallest absolute Gasteiger partial charge is 0.0209 e. The van der Waals surface area contributed by atoms with Crippen LogP contribution in [0.3, 0.4) is 0 Å². The second kappa shape index (κ2) is 5.55. The van der Waals surface area contributed by atoms with Gasteiger partial charge in [0.2, 0.25) is 0 Å². The fourth-order valence-corrected chi connectivity index (χ4v) is 2.95. The third kappa shape index (κ3) is 3.65. The van der Waals surface area contributed by atoms with Gasteiger partial charge in [0.1, 0.15) is 0 Å². The van der Waals surface area contributed by atoms with Gasteiger partial charge in [-0.1, -0.05) is 0 Å². The van der Waals surface area contributed by atoms with Crippen LogP contribution in [-0.2, 0) is 0 Å². The van der Waals surface area contributed by atoms with E-state index >= 15 is 0 Å². The number of hydrogen-bond donors (Lipinski definition) is 1. The lowest BCUT2D eigenvalue weighted by Gasteiger charge is -2.24. The minimum absolute atomic E-state index is 0.781. The lowest BCUT2D eigenvalue weighted by molar-refractivity contribution is 0.247. The second-order valence-corrected chi connectivity index (χ2v) is 6.04. The van der Waals surface area contributed by atoms with E-state index in [1.807, 2.05) is 11.8 Å². The summed E-state index contributed by atoms with van der Waals surface area (Å²) in [7, 11) is 0. The Morgan fingerprint density at radius 3 is 2.80 bits per heavy atom. The summed E-state index contributed by atoms with van der Waals surface area (Å²) in [6.07, 6.45) is 7.74. The minimum atomic E-state index is 0.781. The van der Waals surface area contributed by atoms with Crippen LogP contribution >= 0.6 is 11.8 Å². The Morgan fingerprint density at radius 2 is 2.13 bits per heavy atom. The van der Waals surface area contributed by atoms with E-state index in [2.05, 4.69) is 23.4 Å². The summed E-state index contributed by atoms with van der Waals surface area (Å²) in [5.74, 6) is 1.30. The van der Waals surface area contributed by atoms with Crippen molar-refractivity contribution in [2.24, 2.45) is 0 Å². The standard InChI is InChI=1S/C12H24N2S/c1-10(6-8-15-2)14-7-5-12(9-14)13-11-3-4-11/h10-13H,3-9H2,1-2H3. The Balaban J connectivity index is 1.66. The molecule has 2 fully saturated rings. The second-order valence-electron chi connectivity index (χ2n) is 5.05. The van der Waals surface area contributed by atoms with E-state index in [1.54, 1.807) is 0 Å². The summed E-state index contributed by atoms with van der Waals surface area (Å²) >= 11 is 1.97. The topological polar surface area (TPSA) is 15.3 Å². The van der Waals surface area contributed by atoms with Gasteiger partial charge in [-0.15, -0.1) is 0 Å². The Hall–Kier alpha value is 0.270. The van der Waals surface area contributed by atoms with E-state index < -0.39 is 0 Å². The highest BCUT2D eigenvalue weighted by molar-refractivity contribution is 7.98. The monoisotopic (exact) mass is 228 g/mol. The van der Waals surface area contributed by atoms with Crippen molar-refractivity contribution in [3.63, 3.8) is 0 Å². The molecule has 2 aliphatic rings. The van der Waals surface area contributed by atoms with Gasteiger partial charge in [-0.2, -0.15) is 11.8 Å². The number of likely N-dealkylation sites (tertiary alicyclic amines) is 1. The molecular weight excluding hydrogens is 204 g/mol. The molecule has 0 bridgehead atoms. The minimum Gasteiger partial charge on any atom is -0.310 e. The van der Waals surface area contributed by atoms with Crippen LogP contribution in [0, 0.1) is 0 Å². The zero-order valence-corrected chi connectivity index (χ0v) is 10.9. The van der Waals surface area contributed by atoms with Crippen molar-refractivity contribution in [2.75, 3.05) is 25.1 Å². The van der Waals surface area contributed by atoms with Crippen LogP contribution in [0.2, 0.25) is 0 Å². The zero-order valence-electron chi connectivity index (χ0n) is 10.0. The zero-order chi connectivity index (χ0) is 10.7. The third-order valence-electron chi connectivity index (χ3n) is 3.63. The fourth-order valence-electron chi connectivity index (χ4n) is 2.38. The van der Waals surface area contributed by atoms with Crippen LogP contribution in [-0.4, -0.2) is 48.1 Å². The lowest BCUT2D eigenvalue weighted by Crippen LogP contribution is -2.37. The SMILES string of the molecule is CSCCC(C)N1CCC(NC2CC2)C1. The van der Waals surface area contributed by atoms with E-state index in [-0.39, 0.29) is 0 Å². The predicted molar refractivity (Wildman–Crippen MR) is 68.6 cm³/mol. The van der Waals surface area contributed by atoms with E-state index in [0.717, 1.165) is 18.1 Å². The van der Waals surface area contributed by atoms with Gasteiger partial charge in [-0.3, -0.25) is 4.90 Å². The molecule has 15 heavy (non-hydrogen) atoms. The van der Waals surface area contributed by atoms with Crippen molar-refractivity contribution in [3.05, 3.63) is 0 Å². The van der Waals surface area contributed by atoms with Gasteiger partial charge in [0.05, 0.1) is 0 Å². The van der Waals surface area contributed by atoms with Crippen LogP contribution in [0.5, 0.6) is 0 Å². The lowest BCUT2D eigenvalue weighted by atomic mass is 10.2. The molecule has 2 unspecified atom stereocenters. The van der Waals surface area contributed by atoms with Crippen LogP contribution in [0.15, 0.2) is 0 Å². The van der Waals surface area contributed by atoms with Gasteiger partial charge in [0, 0.05) is 31.2 Å². The van der Waals surface area contributed by atoms with Crippen LogP contribution in [0.4, 0.5) is 0 Å². The number of nitrogens with zero attached hydrogens (tertiary/aromatic N) is 1. The molecule has 1 aliphatic carbocycles. The Morgan fingerprint density at radius 1 is 1.33 bits per heavy atom. The van der Waals surface area contributed by atoms with Crippen molar-refractivity contribution in [2.45, 2.75) is 50.7 Å². The first-order valence-electron chi connectivity index (χ1n) is 6.28. The Bertz CT molecular complexity index is 194. The van der Waals surface area contributed by atoms with Crippen LogP contribution in [0.1, 0.15) is 32.6 Å². The van der Waals surface area contributed by atoms with Crippen molar-refractivity contribution in [3.8, 4) is 0 Å².